The number of allylic oxidation sites excluding steroid dienone is 1. The topological polar surface area (TPSA) is 81.0 Å². The number of rotatable bonds is 2. The minimum atomic E-state index is -0.750. The first-order valence-electron chi connectivity index (χ1n) is 7.55. The first-order valence-corrected chi connectivity index (χ1v) is 7.55. The lowest BCUT2D eigenvalue weighted by Gasteiger charge is -2.27. The maximum absolute atomic E-state index is 13.7. The number of nitrogens with two attached hydrogens (primary N) is 1. The molecule has 1 aromatic carbocycles. The van der Waals surface area contributed by atoms with E-state index in [9.17, 15) is 14.4 Å². The van der Waals surface area contributed by atoms with E-state index in [1.807, 2.05) is 13.0 Å². The Morgan fingerprint density at radius 1 is 1.42 bits per heavy atom. The summed E-state index contributed by atoms with van der Waals surface area (Å²) in [5.41, 5.74) is 7.24. The lowest BCUT2D eigenvalue weighted by Crippen LogP contribution is -2.32. The van der Waals surface area contributed by atoms with Crippen LogP contribution in [0.25, 0.3) is 0 Å². The summed E-state index contributed by atoms with van der Waals surface area (Å²) in [5.74, 6) is -0.944. The number of nitrogens with zero attached hydrogens (tertiary/aromatic N) is 2. The number of fused-ring (bicyclic) bond motifs is 1. The van der Waals surface area contributed by atoms with Gasteiger partial charge in [0.15, 0.2) is 0 Å². The standard InChI is InChI=1S/C18H16FN3O2/c1-3-22-10(2)7-14-16(18(22)23)15(13(9-20)17(21)24-14)11-5-4-6-12(19)8-11/h4-8,15H,3,21H2,1-2H3. The Labute approximate surface area is 138 Å². The molecule has 6 heteroatoms. The molecule has 122 valence electrons. The molecule has 0 aliphatic carbocycles. The van der Waals surface area contributed by atoms with Crippen molar-refractivity contribution >= 4 is 0 Å². The minimum Gasteiger partial charge on any atom is -0.440 e. The Balaban J connectivity index is 2.36. The van der Waals surface area contributed by atoms with Crippen LogP contribution in [0.2, 0.25) is 0 Å². The molecule has 1 aliphatic rings. The van der Waals surface area contributed by atoms with E-state index in [1.54, 1.807) is 23.6 Å². The molecule has 1 unspecified atom stereocenters. The van der Waals surface area contributed by atoms with E-state index < -0.39 is 11.7 Å². The Bertz CT molecular complexity index is 954. The Morgan fingerprint density at radius 3 is 2.79 bits per heavy atom. The highest BCUT2D eigenvalue weighted by atomic mass is 19.1. The van der Waals surface area contributed by atoms with Gasteiger partial charge < -0.3 is 15.0 Å². The summed E-state index contributed by atoms with van der Waals surface area (Å²) in [4.78, 5) is 12.9. The highest BCUT2D eigenvalue weighted by Crippen LogP contribution is 2.40. The molecule has 3 rings (SSSR count). The van der Waals surface area contributed by atoms with Crippen LogP contribution in [0.3, 0.4) is 0 Å². The zero-order chi connectivity index (χ0) is 17.4. The van der Waals surface area contributed by atoms with Gasteiger partial charge in [0.2, 0.25) is 5.88 Å². The van der Waals surface area contributed by atoms with Crippen LogP contribution < -0.4 is 16.0 Å². The number of nitriles is 1. The van der Waals surface area contributed by atoms with Gasteiger partial charge in [-0.05, 0) is 31.5 Å². The monoisotopic (exact) mass is 325 g/mol. The fraction of sp³-hybridized carbons (Fsp3) is 0.222. The van der Waals surface area contributed by atoms with Crippen LogP contribution in [0.1, 0.15) is 29.7 Å². The normalized spacial score (nSPS) is 16.3. The second-order valence-electron chi connectivity index (χ2n) is 5.59. The Hall–Kier alpha value is -3.07. The van der Waals surface area contributed by atoms with Crippen molar-refractivity contribution in [1.29, 1.82) is 5.26 Å². The summed E-state index contributed by atoms with van der Waals surface area (Å²) in [7, 11) is 0. The summed E-state index contributed by atoms with van der Waals surface area (Å²) in [6.07, 6.45) is 0. The van der Waals surface area contributed by atoms with Crippen LogP contribution in [0.4, 0.5) is 4.39 Å². The van der Waals surface area contributed by atoms with Crippen LogP contribution in [0.5, 0.6) is 5.75 Å². The number of aryl methyl sites for hydroxylation is 1. The molecule has 0 spiro atoms. The number of aromatic nitrogens is 1. The number of hydrogen-bond donors (Lipinski definition) is 1. The molecule has 0 fully saturated rings. The number of ether oxygens (including phenoxy) is 1. The summed E-state index contributed by atoms with van der Waals surface area (Å²) in [5, 5.41) is 9.49. The van der Waals surface area contributed by atoms with Crippen molar-refractivity contribution in [3.63, 3.8) is 0 Å². The Morgan fingerprint density at radius 2 is 2.17 bits per heavy atom. The van der Waals surface area contributed by atoms with Crippen molar-refractivity contribution in [2.24, 2.45) is 5.73 Å². The van der Waals surface area contributed by atoms with Crippen LogP contribution in [0.15, 0.2) is 46.6 Å². The van der Waals surface area contributed by atoms with Crippen LogP contribution >= 0.6 is 0 Å². The SMILES string of the molecule is CCn1c(C)cc2c(c1=O)C(c1cccc(F)c1)C(C#N)=C(N)O2. The highest BCUT2D eigenvalue weighted by Gasteiger charge is 2.34. The molecule has 24 heavy (non-hydrogen) atoms. The molecule has 1 atom stereocenters. The van der Waals surface area contributed by atoms with Gasteiger partial charge >= 0.3 is 0 Å². The molecule has 2 N–H and O–H groups in total. The third kappa shape index (κ3) is 2.35. The number of benzene rings is 1. The van der Waals surface area contributed by atoms with Crippen molar-refractivity contribution in [1.82, 2.24) is 4.57 Å². The predicted octanol–water partition coefficient (Wildman–Crippen LogP) is 2.53. The molecule has 0 saturated heterocycles. The fourth-order valence-corrected chi connectivity index (χ4v) is 3.10. The molecule has 5 nitrogen and oxygen atoms in total. The molecule has 0 saturated carbocycles. The zero-order valence-electron chi connectivity index (χ0n) is 13.3. The maximum Gasteiger partial charge on any atom is 0.258 e. The summed E-state index contributed by atoms with van der Waals surface area (Å²) in [6.45, 7) is 4.14. The molecule has 1 aliphatic heterocycles. The average Bonchev–Trinajstić information content (AvgIpc) is 2.54. The quantitative estimate of drug-likeness (QED) is 0.920. The van der Waals surface area contributed by atoms with E-state index in [4.69, 9.17) is 10.5 Å². The molecular weight excluding hydrogens is 309 g/mol. The van der Waals surface area contributed by atoms with Crippen molar-refractivity contribution in [2.75, 3.05) is 0 Å². The number of hydrogen-bond acceptors (Lipinski definition) is 4. The smallest absolute Gasteiger partial charge is 0.258 e. The summed E-state index contributed by atoms with van der Waals surface area (Å²) in [6, 6.07) is 9.54. The van der Waals surface area contributed by atoms with Gasteiger partial charge in [0, 0.05) is 18.3 Å². The third-order valence-electron chi connectivity index (χ3n) is 4.19. The highest BCUT2D eigenvalue weighted by molar-refractivity contribution is 5.55. The lowest BCUT2D eigenvalue weighted by molar-refractivity contribution is 0.388. The number of pyridine rings is 1. The van der Waals surface area contributed by atoms with Gasteiger partial charge in [0.05, 0.1) is 11.5 Å². The molecule has 1 aromatic heterocycles. The van der Waals surface area contributed by atoms with Crippen LogP contribution in [0, 0.1) is 24.1 Å². The fourth-order valence-electron chi connectivity index (χ4n) is 3.10. The molecular formula is C18H16FN3O2. The van der Waals surface area contributed by atoms with Crippen LogP contribution in [-0.4, -0.2) is 4.57 Å². The van der Waals surface area contributed by atoms with Gasteiger partial charge in [-0.3, -0.25) is 4.79 Å². The van der Waals surface area contributed by atoms with Crippen molar-refractivity contribution in [2.45, 2.75) is 26.3 Å². The van der Waals surface area contributed by atoms with Gasteiger partial charge in [0.25, 0.3) is 5.56 Å². The van der Waals surface area contributed by atoms with E-state index in [1.165, 1.54) is 18.2 Å². The van der Waals surface area contributed by atoms with E-state index >= 15 is 0 Å². The average molecular weight is 325 g/mol. The second-order valence-corrected chi connectivity index (χ2v) is 5.59. The van der Waals surface area contributed by atoms with Gasteiger partial charge in [-0.15, -0.1) is 0 Å². The van der Waals surface area contributed by atoms with E-state index in [2.05, 4.69) is 0 Å². The second kappa shape index (κ2) is 5.85. The maximum atomic E-state index is 13.7. The first kappa shape index (κ1) is 15.8. The van der Waals surface area contributed by atoms with E-state index in [-0.39, 0.29) is 17.0 Å². The lowest BCUT2D eigenvalue weighted by atomic mass is 9.84. The van der Waals surface area contributed by atoms with Crippen molar-refractivity contribution in [3.05, 3.63) is 74.8 Å². The Kier molecular flexibility index (Phi) is 3.86. The van der Waals surface area contributed by atoms with Gasteiger partial charge in [-0.1, -0.05) is 12.1 Å². The van der Waals surface area contributed by atoms with Crippen molar-refractivity contribution in [3.8, 4) is 11.8 Å². The van der Waals surface area contributed by atoms with Crippen molar-refractivity contribution < 1.29 is 9.13 Å². The molecule has 0 bridgehead atoms. The van der Waals surface area contributed by atoms with Gasteiger partial charge in [0.1, 0.15) is 23.2 Å². The number of halogens is 1. The summed E-state index contributed by atoms with van der Waals surface area (Å²) < 4.78 is 20.8. The third-order valence-corrected chi connectivity index (χ3v) is 4.19. The van der Waals surface area contributed by atoms with E-state index in [0.717, 1.165) is 5.69 Å². The minimum absolute atomic E-state index is 0.0627. The van der Waals surface area contributed by atoms with Crippen LogP contribution in [-0.2, 0) is 6.54 Å². The predicted molar refractivity (Wildman–Crippen MR) is 86.8 cm³/mol. The largest absolute Gasteiger partial charge is 0.440 e. The molecule has 0 radical (unpaired) electrons. The zero-order valence-corrected chi connectivity index (χ0v) is 13.3. The molecule has 2 heterocycles. The summed E-state index contributed by atoms with van der Waals surface area (Å²) >= 11 is 0. The van der Waals surface area contributed by atoms with Gasteiger partial charge in [-0.2, -0.15) is 5.26 Å². The van der Waals surface area contributed by atoms with Gasteiger partial charge in [-0.25, -0.2) is 4.39 Å². The molecule has 2 aromatic rings. The first-order chi connectivity index (χ1) is 11.5. The molecule has 0 amide bonds. The van der Waals surface area contributed by atoms with E-state index in [0.29, 0.717) is 23.4 Å².